The summed E-state index contributed by atoms with van der Waals surface area (Å²) in [5.41, 5.74) is 17.4. The van der Waals surface area contributed by atoms with Gasteiger partial charge in [0.1, 0.15) is 11.2 Å². The normalized spacial score (nSPS) is 12.9. The first kappa shape index (κ1) is 33.2. The van der Waals surface area contributed by atoms with Crippen LogP contribution in [0.4, 0.5) is 17.1 Å². The van der Waals surface area contributed by atoms with Crippen molar-refractivity contribution in [2.45, 2.75) is 19.3 Å². The van der Waals surface area contributed by atoms with Gasteiger partial charge in [0.2, 0.25) is 0 Å². The third kappa shape index (κ3) is 5.18. The third-order valence-corrected chi connectivity index (χ3v) is 12.1. The molecule has 270 valence electrons. The monoisotopic (exact) mass is 729 g/mol. The summed E-state index contributed by atoms with van der Waals surface area (Å²) in [4.78, 5) is 2.48. The molecule has 10 aromatic rings. The Morgan fingerprint density at radius 3 is 1.77 bits per heavy atom. The van der Waals surface area contributed by atoms with E-state index in [1.165, 1.54) is 55.3 Å². The summed E-state index contributed by atoms with van der Waals surface area (Å²) in [6.07, 6.45) is 0. The van der Waals surface area contributed by atoms with Gasteiger partial charge in [0.05, 0.1) is 22.4 Å². The van der Waals surface area contributed by atoms with Crippen molar-refractivity contribution in [1.29, 1.82) is 0 Å². The molecule has 1 aliphatic rings. The van der Waals surface area contributed by atoms with Crippen LogP contribution in [0.2, 0.25) is 0 Å². The summed E-state index contributed by atoms with van der Waals surface area (Å²) < 4.78 is 6.54. The van der Waals surface area contributed by atoms with E-state index in [4.69, 9.17) is 4.42 Å². The number of rotatable bonds is 6. The Bertz CT molecular complexity index is 3160. The Balaban J connectivity index is 1.20. The Hall–Kier alpha value is -7.16. The Kier molecular flexibility index (Phi) is 7.55. The molecule has 0 radical (unpaired) electrons. The second-order valence-electron chi connectivity index (χ2n) is 15.6. The highest BCUT2D eigenvalue weighted by Gasteiger charge is 2.35. The molecule has 0 spiro atoms. The van der Waals surface area contributed by atoms with Gasteiger partial charge >= 0.3 is 0 Å². The molecule has 2 heteroatoms. The average Bonchev–Trinajstić information content (AvgIpc) is 3.76. The Morgan fingerprint density at radius 2 is 0.947 bits per heavy atom. The number of benzene rings is 9. The van der Waals surface area contributed by atoms with E-state index in [1.807, 2.05) is 6.07 Å². The lowest BCUT2D eigenvalue weighted by molar-refractivity contribution is 0.660. The van der Waals surface area contributed by atoms with E-state index in [0.29, 0.717) is 0 Å². The molecule has 1 aromatic heterocycles. The second kappa shape index (κ2) is 13.0. The minimum absolute atomic E-state index is 0.116. The first-order chi connectivity index (χ1) is 28.1. The van der Waals surface area contributed by atoms with Crippen molar-refractivity contribution in [3.63, 3.8) is 0 Å². The molecule has 1 heterocycles. The van der Waals surface area contributed by atoms with Crippen molar-refractivity contribution < 1.29 is 4.42 Å². The van der Waals surface area contributed by atoms with Crippen LogP contribution in [0.3, 0.4) is 0 Å². The fraction of sp³-hybridized carbons (Fsp3) is 0.0545. The summed E-state index contributed by atoms with van der Waals surface area (Å²) in [6, 6.07) is 72.7. The molecule has 11 rings (SSSR count). The molecule has 2 nitrogen and oxygen atoms in total. The molecule has 0 atom stereocenters. The summed E-state index contributed by atoms with van der Waals surface area (Å²) in [5.74, 6) is 0. The van der Waals surface area contributed by atoms with Crippen molar-refractivity contribution in [2.24, 2.45) is 0 Å². The third-order valence-electron chi connectivity index (χ3n) is 12.1. The fourth-order valence-corrected chi connectivity index (χ4v) is 9.44. The van der Waals surface area contributed by atoms with Crippen molar-refractivity contribution >= 4 is 49.8 Å². The minimum atomic E-state index is -0.116. The zero-order chi connectivity index (χ0) is 38.1. The number of hydrogen-bond acceptors (Lipinski definition) is 2. The van der Waals surface area contributed by atoms with Crippen LogP contribution < -0.4 is 4.90 Å². The smallest absolute Gasteiger partial charge is 0.137 e. The SMILES string of the molecule is CC1(C)c2ccccc2-c2ccc(-c3ccccc3N(c3ccccc3-c3cccc4cccc(-c5ccccc5)c34)c3cccc4oc5ccccc5c34)cc21. The number of fused-ring (bicyclic) bond motifs is 7. The van der Waals surface area contributed by atoms with Gasteiger partial charge in [-0.05, 0) is 91.7 Å². The van der Waals surface area contributed by atoms with Crippen molar-refractivity contribution in [2.75, 3.05) is 4.90 Å². The van der Waals surface area contributed by atoms with E-state index in [0.717, 1.165) is 50.1 Å². The van der Waals surface area contributed by atoms with Gasteiger partial charge in [-0.1, -0.05) is 178 Å². The van der Waals surface area contributed by atoms with Crippen molar-refractivity contribution in [1.82, 2.24) is 0 Å². The summed E-state index contributed by atoms with van der Waals surface area (Å²) in [6.45, 7) is 4.71. The maximum absolute atomic E-state index is 6.54. The highest BCUT2D eigenvalue weighted by atomic mass is 16.3. The van der Waals surface area contributed by atoms with Crippen LogP contribution in [0.1, 0.15) is 25.0 Å². The fourth-order valence-electron chi connectivity index (χ4n) is 9.44. The molecule has 57 heavy (non-hydrogen) atoms. The lowest BCUT2D eigenvalue weighted by Crippen LogP contribution is -2.15. The zero-order valence-corrected chi connectivity index (χ0v) is 31.9. The van der Waals surface area contributed by atoms with E-state index >= 15 is 0 Å². The number of furan rings is 1. The predicted molar refractivity (Wildman–Crippen MR) is 240 cm³/mol. The summed E-state index contributed by atoms with van der Waals surface area (Å²) >= 11 is 0. The molecule has 0 saturated carbocycles. The highest BCUT2D eigenvalue weighted by Crippen LogP contribution is 2.52. The molecule has 0 bridgehead atoms. The number of hydrogen-bond donors (Lipinski definition) is 0. The van der Waals surface area contributed by atoms with E-state index in [2.05, 4.69) is 213 Å². The van der Waals surface area contributed by atoms with Crippen molar-refractivity contribution in [3.8, 4) is 44.5 Å². The van der Waals surface area contributed by atoms with Gasteiger partial charge < -0.3 is 9.32 Å². The number of anilines is 3. The van der Waals surface area contributed by atoms with Crippen LogP contribution in [0.25, 0.3) is 77.2 Å². The van der Waals surface area contributed by atoms with Gasteiger partial charge in [0.15, 0.2) is 0 Å². The van der Waals surface area contributed by atoms with Crippen LogP contribution in [-0.4, -0.2) is 0 Å². The van der Waals surface area contributed by atoms with Gasteiger partial charge in [-0.25, -0.2) is 0 Å². The number of nitrogens with zero attached hydrogens (tertiary/aromatic N) is 1. The van der Waals surface area contributed by atoms with E-state index in [9.17, 15) is 0 Å². The molecular weight excluding hydrogens is 691 g/mol. The topological polar surface area (TPSA) is 16.4 Å². The van der Waals surface area contributed by atoms with Crippen LogP contribution in [0.5, 0.6) is 0 Å². The molecule has 0 amide bonds. The summed E-state index contributed by atoms with van der Waals surface area (Å²) in [5, 5.41) is 4.63. The predicted octanol–water partition coefficient (Wildman–Crippen LogP) is 15.5. The van der Waals surface area contributed by atoms with E-state index < -0.39 is 0 Å². The van der Waals surface area contributed by atoms with Crippen LogP contribution in [0.15, 0.2) is 205 Å². The second-order valence-corrected chi connectivity index (χ2v) is 15.6. The average molecular weight is 730 g/mol. The number of para-hydroxylation sites is 3. The van der Waals surface area contributed by atoms with Crippen LogP contribution in [-0.2, 0) is 5.41 Å². The molecule has 0 aliphatic heterocycles. The summed E-state index contributed by atoms with van der Waals surface area (Å²) in [7, 11) is 0. The Labute approximate surface area is 332 Å². The van der Waals surface area contributed by atoms with Crippen LogP contribution in [0, 0.1) is 0 Å². The highest BCUT2D eigenvalue weighted by molar-refractivity contribution is 6.15. The first-order valence-electron chi connectivity index (χ1n) is 19.8. The van der Waals surface area contributed by atoms with Crippen molar-refractivity contribution in [3.05, 3.63) is 211 Å². The maximum atomic E-state index is 6.54. The van der Waals surface area contributed by atoms with E-state index in [1.54, 1.807) is 0 Å². The van der Waals surface area contributed by atoms with Gasteiger partial charge in [-0.15, -0.1) is 0 Å². The molecule has 1 aliphatic carbocycles. The molecule has 0 fully saturated rings. The first-order valence-corrected chi connectivity index (χ1v) is 19.8. The maximum Gasteiger partial charge on any atom is 0.137 e. The van der Waals surface area contributed by atoms with Gasteiger partial charge in [-0.3, -0.25) is 0 Å². The van der Waals surface area contributed by atoms with Gasteiger partial charge in [0.25, 0.3) is 0 Å². The lowest BCUT2D eigenvalue weighted by Gasteiger charge is -2.31. The van der Waals surface area contributed by atoms with E-state index in [-0.39, 0.29) is 5.41 Å². The molecule has 0 saturated heterocycles. The molecule has 0 N–H and O–H groups in total. The Morgan fingerprint density at radius 1 is 0.368 bits per heavy atom. The minimum Gasteiger partial charge on any atom is -0.456 e. The zero-order valence-electron chi connectivity index (χ0n) is 31.9. The standard InChI is InChI=1S/C55H39NO/c1-55(2)46-27-10-6-22-41(46)42-34-33-38(35-47(42)55)39-21-7-11-28-48(39)56(50-30-16-32-52-54(50)45-24-9-13-31-51(45)57-52)49-29-12-8-23-43(49)44-26-15-20-37-19-14-25-40(53(37)44)36-17-4-3-5-18-36/h3-35H,1-2H3. The molecular formula is C55H39NO. The van der Waals surface area contributed by atoms with Gasteiger partial charge in [0, 0.05) is 21.9 Å². The molecule has 0 unspecified atom stereocenters. The molecule has 9 aromatic carbocycles. The quantitative estimate of drug-likeness (QED) is 0.169. The lowest BCUT2D eigenvalue weighted by atomic mass is 9.81. The largest absolute Gasteiger partial charge is 0.456 e. The van der Waals surface area contributed by atoms with Crippen LogP contribution >= 0.6 is 0 Å². The van der Waals surface area contributed by atoms with Gasteiger partial charge in [-0.2, -0.15) is 0 Å².